The number of hydrogen-bond donors (Lipinski definition) is 2. The molecule has 2 heterocycles. The van der Waals surface area contributed by atoms with Crippen LogP contribution in [0.25, 0.3) is 10.8 Å². The number of fused-ring (bicyclic) bond motifs is 1. The first-order valence-electron chi connectivity index (χ1n) is 12.0. The van der Waals surface area contributed by atoms with Gasteiger partial charge < -0.3 is 15.5 Å². The number of benzene rings is 1. The predicted molar refractivity (Wildman–Crippen MR) is 130 cm³/mol. The molecule has 0 spiro atoms. The minimum Gasteiger partial charge on any atom is -0.336 e. The highest BCUT2D eigenvalue weighted by atomic mass is 19.4. The van der Waals surface area contributed by atoms with Gasteiger partial charge in [0.1, 0.15) is 18.1 Å². The van der Waals surface area contributed by atoms with Crippen molar-refractivity contribution in [2.24, 2.45) is 5.41 Å². The third-order valence-corrected chi connectivity index (χ3v) is 6.47. The van der Waals surface area contributed by atoms with E-state index in [2.05, 4.69) is 16.4 Å². The van der Waals surface area contributed by atoms with Gasteiger partial charge in [-0.3, -0.25) is 19.4 Å². The van der Waals surface area contributed by atoms with Crippen LogP contribution in [0.3, 0.4) is 0 Å². The van der Waals surface area contributed by atoms with Gasteiger partial charge in [-0.25, -0.2) is 0 Å². The van der Waals surface area contributed by atoms with Gasteiger partial charge in [0.2, 0.25) is 11.8 Å². The zero-order valence-corrected chi connectivity index (χ0v) is 21.1. The van der Waals surface area contributed by atoms with Gasteiger partial charge in [-0.2, -0.15) is 18.4 Å². The van der Waals surface area contributed by atoms with Crippen molar-refractivity contribution in [2.75, 3.05) is 6.54 Å². The number of amides is 3. The maximum atomic E-state index is 13.3. The first-order chi connectivity index (χ1) is 17.3. The number of aryl methyl sites for hydroxylation is 1. The molecule has 198 valence electrons. The van der Waals surface area contributed by atoms with Crippen LogP contribution < -0.4 is 10.6 Å². The Kier molecular flexibility index (Phi) is 8.10. The van der Waals surface area contributed by atoms with Crippen LogP contribution in [0, 0.1) is 16.7 Å². The number of nitrogens with zero attached hydrogens (tertiary/aromatic N) is 3. The largest absolute Gasteiger partial charge is 0.471 e. The van der Waals surface area contributed by atoms with E-state index in [1.54, 1.807) is 11.5 Å². The van der Waals surface area contributed by atoms with Gasteiger partial charge in [0, 0.05) is 29.9 Å². The average Bonchev–Trinajstić information content (AvgIpc) is 3.33. The molecule has 37 heavy (non-hydrogen) atoms. The number of carbonyl (C=O) groups excluding carboxylic acids is 3. The van der Waals surface area contributed by atoms with Crippen molar-refractivity contribution in [3.05, 3.63) is 41.7 Å². The second-order valence-corrected chi connectivity index (χ2v) is 10.2. The van der Waals surface area contributed by atoms with Crippen molar-refractivity contribution in [1.82, 2.24) is 20.5 Å². The standard InChI is InChI=1S/C26H30F3N5O3/c1-5-15-8-9-17-16(11-15)13-31-14-18(17)19(12-30)32-22(35)20-7-6-10-34(20)23(36)21(25(2,3)4)33-24(37)26(27,28)29/h8-9,11,13-14,19-21H,5-7,10H2,1-4H3,(H,32,35)(H,33,37)/t19?,20?,21-/m1/s1. The van der Waals surface area contributed by atoms with Crippen LogP contribution in [0.2, 0.25) is 0 Å². The van der Waals surface area contributed by atoms with Crippen LogP contribution in [-0.4, -0.2) is 52.4 Å². The molecule has 0 bridgehead atoms. The number of hydrogen-bond acceptors (Lipinski definition) is 5. The lowest BCUT2D eigenvalue weighted by atomic mass is 9.85. The van der Waals surface area contributed by atoms with E-state index in [9.17, 15) is 32.8 Å². The lowest BCUT2D eigenvalue weighted by Gasteiger charge is -2.35. The Balaban J connectivity index is 1.83. The highest BCUT2D eigenvalue weighted by Crippen LogP contribution is 2.29. The molecule has 0 saturated carbocycles. The number of aromatic nitrogens is 1. The molecule has 3 atom stereocenters. The van der Waals surface area contributed by atoms with Crippen molar-refractivity contribution in [1.29, 1.82) is 5.26 Å². The summed E-state index contributed by atoms with van der Waals surface area (Å²) in [6.45, 7) is 6.74. The van der Waals surface area contributed by atoms with E-state index in [1.807, 2.05) is 25.1 Å². The zero-order valence-electron chi connectivity index (χ0n) is 21.1. The number of rotatable bonds is 6. The molecule has 3 rings (SSSR count). The summed E-state index contributed by atoms with van der Waals surface area (Å²) in [4.78, 5) is 43.6. The third kappa shape index (κ3) is 6.18. The van der Waals surface area contributed by atoms with E-state index in [0.717, 1.165) is 22.8 Å². The van der Waals surface area contributed by atoms with Crippen molar-refractivity contribution < 1.29 is 27.6 Å². The number of nitrogens with one attached hydrogen (secondary N) is 2. The van der Waals surface area contributed by atoms with E-state index < -0.39 is 47.4 Å². The maximum Gasteiger partial charge on any atom is 0.471 e. The summed E-state index contributed by atoms with van der Waals surface area (Å²) < 4.78 is 38.7. The SMILES string of the molecule is CCc1ccc2c(C(C#N)NC(=O)C3CCCN3C(=O)[C@@H](NC(=O)C(F)(F)F)C(C)(C)C)cncc2c1. The summed E-state index contributed by atoms with van der Waals surface area (Å²) in [5.41, 5.74) is 0.537. The zero-order chi connectivity index (χ0) is 27.5. The maximum absolute atomic E-state index is 13.3. The van der Waals surface area contributed by atoms with Crippen LogP contribution in [0.5, 0.6) is 0 Å². The molecule has 1 aliphatic rings. The number of carbonyl (C=O) groups is 3. The van der Waals surface area contributed by atoms with Gasteiger partial charge in [-0.15, -0.1) is 0 Å². The minimum atomic E-state index is -5.16. The van der Waals surface area contributed by atoms with Crippen LogP contribution in [0.1, 0.15) is 57.7 Å². The van der Waals surface area contributed by atoms with Crippen molar-refractivity contribution in [3.8, 4) is 6.07 Å². The number of nitriles is 1. The molecule has 2 aromatic rings. The second kappa shape index (κ2) is 10.7. The molecule has 1 aliphatic heterocycles. The van der Waals surface area contributed by atoms with E-state index in [4.69, 9.17) is 0 Å². The fourth-order valence-corrected chi connectivity index (χ4v) is 4.45. The average molecular weight is 518 g/mol. The van der Waals surface area contributed by atoms with E-state index >= 15 is 0 Å². The molecule has 8 nitrogen and oxygen atoms in total. The first kappa shape index (κ1) is 27.9. The van der Waals surface area contributed by atoms with Crippen molar-refractivity contribution >= 4 is 28.5 Å². The molecule has 1 saturated heterocycles. The summed E-state index contributed by atoms with van der Waals surface area (Å²) in [5.74, 6) is -3.61. The van der Waals surface area contributed by atoms with Gasteiger partial charge >= 0.3 is 12.1 Å². The highest BCUT2D eigenvalue weighted by molar-refractivity contribution is 5.94. The molecule has 2 N–H and O–H groups in total. The lowest BCUT2D eigenvalue weighted by molar-refractivity contribution is -0.176. The number of alkyl halides is 3. The summed E-state index contributed by atoms with van der Waals surface area (Å²) in [6.07, 6.45) is -0.442. The molecule has 1 aromatic carbocycles. The van der Waals surface area contributed by atoms with Crippen LogP contribution >= 0.6 is 0 Å². The number of likely N-dealkylation sites (tertiary alicyclic amines) is 1. The first-order valence-corrected chi connectivity index (χ1v) is 12.0. The van der Waals surface area contributed by atoms with Crippen LogP contribution in [0.4, 0.5) is 13.2 Å². The Morgan fingerprint density at radius 1 is 1.19 bits per heavy atom. The van der Waals surface area contributed by atoms with Gasteiger partial charge in [-0.05, 0) is 41.7 Å². The van der Waals surface area contributed by atoms with E-state index in [0.29, 0.717) is 12.0 Å². The Hall–Kier alpha value is -3.68. The Morgan fingerprint density at radius 3 is 2.49 bits per heavy atom. The fraction of sp³-hybridized carbons (Fsp3) is 0.500. The fourth-order valence-electron chi connectivity index (χ4n) is 4.45. The number of halogens is 3. The monoisotopic (exact) mass is 517 g/mol. The Bertz CT molecular complexity index is 1230. The van der Waals surface area contributed by atoms with Crippen molar-refractivity contribution in [3.63, 3.8) is 0 Å². The van der Waals surface area contributed by atoms with Gasteiger partial charge in [0.25, 0.3) is 0 Å². The highest BCUT2D eigenvalue weighted by Gasteiger charge is 2.46. The predicted octanol–water partition coefficient (Wildman–Crippen LogP) is 3.56. The normalized spacial score (nSPS) is 17.7. The molecule has 3 amide bonds. The topological polar surface area (TPSA) is 115 Å². The smallest absolute Gasteiger partial charge is 0.336 e. The Labute approximate surface area is 213 Å². The van der Waals surface area contributed by atoms with Gasteiger partial charge in [0.05, 0.1) is 6.07 Å². The quantitative estimate of drug-likeness (QED) is 0.608. The number of pyridine rings is 1. The molecule has 1 aromatic heterocycles. The van der Waals surface area contributed by atoms with E-state index in [-0.39, 0.29) is 13.0 Å². The summed E-state index contributed by atoms with van der Waals surface area (Å²) in [6, 6.07) is 4.27. The summed E-state index contributed by atoms with van der Waals surface area (Å²) >= 11 is 0. The molecule has 2 unspecified atom stereocenters. The molecule has 11 heteroatoms. The van der Waals surface area contributed by atoms with Crippen LogP contribution in [-0.2, 0) is 20.8 Å². The van der Waals surface area contributed by atoms with Crippen molar-refractivity contribution in [2.45, 2.75) is 71.3 Å². The molecule has 0 radical (unpaired) electrons. The summed E-state index contributed by atoms with van der Waals surface area (Å²) in [7, 11) is 0. The van der Waals surface area contributed by atoms with Gasteiger partial charge in [-0.1, -0.05) is 39.8 Å². The summed E-state index contributed by atoms with van der Waals surface area (Å²) in [5, 5.41) is 15.9. The molecular formula is C26H30F3N5O3. The Morgan fingerprint density at radius 2 is 1.89 bits per heavy atom. The molecule has 0 aliphatic carbocycles. The third-order valence-electron chi connectivity index (χ3n) is 6.47. The minimum absolute atomic E-state index is 0.137. The van der Waals surface area contributed by atoms with Gasteiger partial charge in [0.15, 0.2) is 0 Å². The van der Waals surface area contributed by atoms with Crippen LogP contribution in [0.15, 0.2) is 30.6 Å². The molecule has 1 fully saturated rings. The van der Waals surface area contributed by atoms with E-state index in [1.165, 1.54) is 31.9 Å². The lowest BCUT2D eigenvalue weighted by Crippen LogP contribution is -2.59. The second-order valence-electron chi connectivity index (χ2n) is 10.2. The molecular weight excluding hydrogens is 487 g/mol.